The van der Waals surface area contributed by atoms with E-state index in [1.54, 1.807) is 0 Å². The van der Waals surface area contributed by atoms with Crippen molar-refractivity contribution < 1.29 is 13.5 Å². The summed E-state index contributed by atoms with van der Waals surface area (Å²) in [6, 6.07) is 9.73. The van der Waals surface area contributed by atoms with Crippen molar-refractivity contribution in [1.29, 1.82) is 0 Å². The first-order valence-corrected chi connectivity index (χ1v) is 5.97. The van der Waals surface area contributed by atoms with Crippen LogP contribution in [0.1, 0.15) is 37.2 Å². The molecule has 0 spiro atoms. The first kappa shape index (κ1) is 12.1. The van der Waals surface area contributed by atoms with Gasteiger partial charge in [-0.25, -0.2) is 0 Å². The fraction of sp³-hybridized carbons (Fsp3) is 0.429. The number of ether oxygens (including phenoxy) is 1. The smallest absolute Gasteiger partial charge is 0.387 e. The summed E-state index contributed by atoms with van der Waals surface area (Å²) in [4.78, 5) is 0. The van der Waals surface area contributed by atoms with Crippen LogP contribution in [0, 0.1) is 0 Å². The Morgan fingerprint density at radius 1 is 1.12 bits per heavy atom. The van der Waals surface area contributed by atoms with E-state index in [9.17, 15) is 8.78 Å². The summed E-state index contributed by atoms with van der Waals surface area (Å²) < 4.78 is 29.4. The number of alkyl halides is 2. The Morgan fingerprint density at radius 2 is 1.88 bits per heavy atom. The Kier molecular flexibility index (Phi) is 4.13. The molecule has 17 heavy (non-hydrogen) atoms. The highest BCUT2D eigenvalue weighted by molar-refractivity contribution is 5.27. The maximum absolute atomic E-state index is 12.4. The van der Waals surface area contributed by atoms with E-state index >= 15 is 0 Å². The maximum Gasteiger partial charge on any atom is 0.387 e. The summed E-state index contributed by atoms with van der Waals surface area (Å²) in [6.45, 7) is -2.73. The number of rotatable bonds is 3. The molecule has 0 saturated heterocycles. The summed E-state index contributed by atoms with van der Waals surface area (Å²) in [5, 5.41) is 0. The van der Waals surface area contributed by atoms with Crippen LogP contribution in [0.4, 0.5) is 8.78 Å². The highest BCUT2D eigenvalue weighted by Gasteiger charge is 2.22. The van der Waals surface area contributed by atoms with Crippen LogP contribution in [0.3, 0.4) is 0 Å². The van der Waals surface area contributed by atoms with Crippen LogP contribution in [0.25, 0.3) is 0 Å². The van der Waals surface area contributed by atoms with E-state index in [2.05, 4.69) is 4.74 Å². The van der Waals surface area contributed by atoms with Gasteiger partial charge < -0.3 is 4.74 Å². The third-order valence-electron chi connectivity index (χ3n) is 3.06. The molecule has 0 N–H and O–H groups in total. The third-order valence-corrected chi connectivity index (χ3v) is 3.06. The number of allylic oxidation sites excluding steroid dienone is 2. The zero-order chi connectivity index (χ0) is 12.1. The van der Waals surface area contributed by atoms with Gasteiger partial charge in [0.25, 0.3) is 0 Å². The molecule has 0 radical (unpaired) electrons. The van der Waals surface area contributed by atoms with Crippen molar-refractivity contribution in [2.45, 2.75) is 38.2 Å². The van der Waals surface area contributed by atoms with Crippen LogP contribution in [0.5, 0.6) is 0 Å². The minimum Gasteiger partial charge on any atom is -0.439 e. The number of halogens is 2. The van der Waals surface area contributed by atoms with Crippen molar-refractivity contribution in [1.82, 2.24) is 0 Å². The quantitative estimate of drug-likeness (QED) is 0.755. The molecule has 1 aliphatic rings. The Labute approximate surface area is 100 Å². The van der Waals surface area contributed by atoms with E-state index in [1.165, 1.54) is 0 Å². The van der Waals surface area contributed by atoms with Crippen LogP contribution in [0.15, 0.2) is 42.2 Å². The molecular formula is C14H16F2O. The molecule has 1 nitrogen and oxygen atoms in total. The van der Waals surface area contributed by atoms with E-state index in [-0.39, 0.29) is 5.92 Å². The van der Waals surface area contributed by atoms with Crippen molar-refractivity contribution in [2.24, 2.45) is 0 Å². The summed E-state index contributed by atoms with van der Waals surface area (Å²) in [5.41, 5.74) is 1.06. The molecule has 0 fully saturated rings. The second kappa shape index (κ2) is 5.80. The van der Waals surface area contributed by atoms with Gasteiger partial charge in [0, 0.05) is 5.92 Å². The first-order valence-electron chi connectivity index (χ1n) is 5.97. The largest absolute Gasteiger partial charge is 0.439 e. The molecule has 0 heterocycles. The van der Waals surface area contributed by atoms with E-state index in [0.717, 1.165) is 31.2 Å². The minimum absolute atomic E-state index is 0.0206. The van der Waals surface area contributed by atoms with Gasteiger partial charge in [-0.3, -0.25) is 0 Å². The molecule has 3 heteroatoms. The van der Waals surface area contributed by atoms with Gasteiger partial charge in [-0.15, -0.1) is 0 Å². The highest BCUT2D eigenvalue weighted by atomic mass is 19.3. The molecule has 1 aromatic rings. The Balaban J connectivity index is 2.22. The van der Waals surface area contributed by atoms with Crippen molar-refractivity contribution in [2.75, 3.05) is 0 Å². The molecular weight excluding hydrogens is 222 g/mol. The van der Waals surface area contributed by atoms with Gasteiger partial charge in [-0.1, -0.05) is 36.8 Å². The lowest BCUT2D eigenvalue weighted by Crippen LogP contribution is -2.08. The average Bonchev–Trinajstić information content (AvgIpc) is 2.55. The molecule has 0 aromatic heterocycles. The topological polar surface area (TPSA) is 9.23 Å². The van der Waals surface area contributed by atoms with Crippen molar-refractivity contribution in [3.05, 3.63) is 47.7 Å². The van der Waals surface area contributed by atoms with Gasteiger partial charge in [-0.2, -0.15) is 8.78 Å². The zero-order valence-corrected chi connectivity index (χ0v) is 9.61. The predicted molar refractivity (Wildman–Crippen MR) is 62.8 cm³/mol. The van der Waals surface area contributed by atoms with Gasteiger partial charge in [0.05, 0.1) is 0 Å². The number of hydrogen-bond acceptors (Lipinski definition) is 1. The molecule has 0 amide bonds. The molecule has 1 atom stereocenters. The van der Waals surface area contributed by atoms with Gasteiger partial charge in [0.1, 0.15) is 5.76 Å². The summed E-state index contributed by atoms with van der Waals surface area (Å²) in [6.07, 6.45) is 5.61. The molecule has 1 unspecified atom stereocenters. The van der Waals surface area contributed by atoms with Crippen LogP contribution in [-0.4, -0.2) is 6.61 Å². The van der Waals surface area contributed by atoms with Crippen LogP contribution in [-0.2, 0) is 4.74 Å². The maximum atomic E-state index is 12.4. The van der Waals surface area contributed by atoms with E-state index < -0.39 is 6.61 Å². The van der Waals surface area contributed by atoms with Gasteiger partial charge in [-0.05, 0) is 30.9 Å². The van der Waals surface area contributed by atoms with E-state index in [0.29, 0.717) is 5.76 Å². The van der Waals surface area contributed by atoms with Crippen molar-refractivity contribution in [3.63, 3.8) is 0 Å². The summed E-state index contributed by atoms with van der Waals surface area (Å²) in [5.74, 6) is 0.413. The van der Waals surface area contributed by atoms with Crippen molar-refractivity contribution >= 4 is 0 Å². The van der Waals surface area contributed by atoms with Crippen molar-refractivity contribution in [3.8, 4) is 0 Å². The second-order valence-corrected chi connectivity index (χ2v) is 4.23. The van der Waals surface area contributed by atoms with Crippen LogP contribution in [0.2, 0.25) is 0 Å². The van der Waals surface area contributed by atoms with E-state index in [4.69, 9.17) is 0 Å². The Hall–Kier alpha value is -1.38. The average molecular weight is 238 g/mol. The highest BCUT2D eigenvalue weighted by Crippen LogP contribution is 2.34. The lowest BCUT2D eigenvalue weighted by Gasteiger charge is -2.19. The predicted octanol–water partition coefficient (Wildman–Crippen LogP) is 4.47. The van der Waals surface area contributed by atoms with Gasteiger partial charge in [0.2, 0.25) is 0 Å². The van der Waals surface area contributed by atoms with Crippen LogP contribution < -0.4 is 0 Å². The molecule has 1 aliphatic carbocycles. The minimum atomic E-state index is -2.73. The summed E-state index contributed by atoms with van der Waals surface area (Å²) >= 11 is 0. The second-order valence-electron chi connectivity index (χ2n) is 4.23. The lowest BCUT2D eigenvalue weighted by atomic mass is 9.93. The monoisotopic (exact) mass is 238 g/mol. The molecule has 0 aliphatic heterocycles. The first-order chi connectivity index (χ1) is 8.27. The molecule has 0 saturated carbocycles. The lowest BCUT2D eigenvalue weighted by molar-refractivity contribution is -0.101. The number of hydrogen-bond donors (Lipinski definition) is 0. The van der Waals surface area contributed by atoms with Gasteiger partial charge >= 0.3 is 6.61 Å². The molecule has 1 aromatic carbocycles. The van der Waals surface area contributed by atoms with Gasteiger partial charge in [0.15, 0.2) is 0 Å². The van der Waals surface area contributed by atoms with E-state index in [1.807, 2.05) is 36.4 Å². The zero-order valence-electron chi connectivity index (χ0n) is 9.61. The normalized spacial score (nSPS) is 20.9. The Morgan fingerprint density at radius 3 is 2.59 bits per heavy atom. The standard InChI is InChI=1S/C14H16F2O/c15-14(16)17-13-10-6-2-5-9-12(13)11-7-3-1-4-8-11/h1,3-4,7-8,10,12,14H,2,5-6,9H2. The fourth-order valence-corrected chi connectivity index (χ4v) is 2.27. The fourth-order valence-electron chi connectivity index (χ4n) is 2.27. The number of benzene rings is 1. The third kappa shape index (κ3) is 3.29. The Bertz CT molecular complexity index is 373. The summed E-state index contributed by atoms with van der Waals surface area (Å²) in [7, 11) is 0. The molecule has 92 valence electrons. The molecule has 0 bridgehead atoms. The van der Waals surface area contributed by atoms with Crippen LogP contribution >= 0.6 is 0 Å². The SMILES string of the molecule is FC(F)OC1=CCCCCC1c1ccccc1. The molecule has 2 rings (SSSR count).